The zero-order valence-corrected chi connectivity index (χ0v) is 11.9. The highest BCUT2D eigenvalue weighted by atomic mass is 127. The summed E-state index contributed by atoms with van der Waals surface area (Å²) >= 11 is 2.43. The molecule has 1 aromatic carbocycles. The molecule has 3 rings (SSSR count). The third-order valence-electron chi connectivity index (χ3n) is 2.90. The van der Waals surface area contributed by atoms with Crippen LogP contribution in [0.1, 0.15) is 18.9 Å². The van der Waals surface area contributed by atoms with Crippen molar-refractivity contribution in [3.8, 4) is 11.5 Å². The number of rotatable bonds is 0. The fourth-order valence-electron chi connectivity index (χ4n) is 1.98. The molecule has 2 aliphatic rings. The average Bonchev–Trinajstić information content (AvgIpc) is 2.25. The Morgan fingerprint density at radius 3 is 2.76 bits per heavy atom. The maximum absolute atomic E-state index is 5.92. The SMILES string of the molecule is Cc1ccc2c(c1)OC1=CC(C)(I)CC=C1O2. The minimum Gasteiger partial charge on any atom is -0.450 e. The first kappa shape index (κ1) is 11.1. The van der Waals surface area contributed by atoms with Crippen molar-refractivity contribution in [3.05, 3.63) is 47.4 Å². The third-order valence-corrected chi connectivity index (χ3v) is 3.65. The predicted molar refractivity (Wildman–Crippen MR) is 75.6 cm³/mol. The predicted octanol–water partition coefficient (Wildman–Crippen LogP) is 4.13. The van der Waals surface area contributed by atoms with Gasteiger partial charge >= 0.3 is 0 Å². The Kier molecular flexibility index (Phi) is 2.47. The minimum absolute atomic E-state index is 0.112. The van der Waals surface area contributed by atoms with Gasteiger partial charge in [-0.2, -0.15) is 0 Å². The van der Waals surface area contributed by atoms with Crippen LogP contribution >= 0.6 is 22.6 Å². The largest absolute Gasteiger partial charge is 0.450 e. The lowest BCUT2D eigenvalue weighted by Crippen LogP contribution is -2.22. The number of ether oxygens (including phenoxy) is 2. The van der Waals surface area contributed by atoms with Crippen LogP contribution in [-0.4, -0.2) is 3.42 Å². The van der Waals surface area contributed by atoms with E-state index in [1.54, 1.807) is 0 Å². The lowest BCUT2D eigenvalue weighted by molar-refractivity contribution is 0.286. The molecule has 1 aliphatic heterocycles. The van der Waals surface area contributed by atoms with E-state index in [2.05, 4.69) is 41.7 Å². The van der Waals surface area contributed by atoms with E-state index in [0.29, 0.717) is 0 Å². The van der Waals surface area contributed by atoms with E-state index in [9.17, 15) is 0 Å². The smallest absolute Gasteiger partial charge is 0.170 e. The molecule has 0 spiro atoms. The molecule has 0 N–H and O–H groups in total. The van der Waals surface area contributed by atoms with E-state index in [4.69, 9.17) is 9.47 Å². The van der Waals surface area contributed by atoms with Gasteiger partial charge in [0.15, 0.2) is 23.0 Å². The summed E-state index contributed by atoms with van der Waals surface area (Å²) in [6, 6.07) is 6.00. The van der Waals surface area contributed by atoms with Gasteiger partial charge in [-0.25, -0.2) is 0 Å². The third kappa shape index (κ3) is 2.08. The Morgan fingerprint density at radius 2 is 1.94 bits per heavy atom. The highest BCUT2D eigenvalue weighted by Gasteiger charge is 2.29. The van der Waals surface area contributed by atoms with Crippen LogP contribution in [0.5, 0.6) is 11.5 Å². The van der Waals surface area contributed by atoms with Crippen LogP contribution < -0.4 is 9.47 Å². The van der Waals surface area contributed by atoms with Gasteiger partial charge in [-0.3, -0.25) is 0 Å². The molecule has 0 amide bonds. The number of fused-ring (bicyclic) bond motifs is 2. The second kappa shape index (κ2) is 3.77. The van der Waals surface area contributed by atoms with Crippen LogP contribution in [0.15, 0.2) is 41.9 Å². The van der Waals surface area contributed by atoms with Crippen molar-refractivity contribution in [2.24, 2.45) is 0 Å². The normalized spacial score (nSPS) is 25.8. The molecular formula is C14H13IO2. The van der Waals surface area contributed by atoms with Crippen molar-refractivity contribution < 1.29 is 9.47 Å². The molecule has 0 saturated carbocycles. The zero-order chi connectivity index (χ0) is 12.0. The molecule has 0 saturated heterocycles. The molecule has 1 aliphatic carbocycles. The maximum Gasteiger partial charge on any atom is 0.170 e. The minimum atomic E-state index is 0.112. The van der Waals surface area contributed by atoms with Crippen LogP contribution in [0.25, 0.3) is 0 Å². The number of alkyl halides is 1. The van der Waals surface area contributed by atoms with E-state index < -0.39 is 0 Å². The molecule has 1 heterocycles. The number of aryl methyl sites for hydroxylation is 1. The van der Waals surface area contributed by atoms with Crippen molar-refractivity contribution in [1.82, 2.24) is 0 Å². The molecule has 1 aromatic rings. The van der Waals surface area contributed by atoms with Crippen LogP contribution in [0.3, 0.4) is 0 Å². The van der Waals surface area contributed by atoms with Gasteiger partial charge in [0.05, 0.1) is 0 Å². The second-order valence-electron chi connectivity index (χ2n) is 4.71. The second-order valence-corrected chi connectivity index (χ2v) is 7.18. The van der Waals surface area contributed by atoms with Gasteiger partial charge < -0.3 is 9.47 Å². The first-order chi connectivity index (χ1) is 8.03. The maximum atomic E-state index is 5.92. The number of hydrogen-bond acceptors (Lipinski definition) is 2. The van der Waals surface area contributed by atoms with E-state index >= 15 is 0 Å². The van der Waals surface area contributed by atoms with Gasteiger partial charge in [0.25, 0.3) is 0 Å². The molecule has 88 valence electrons. The summed E-state index contributed by atoms with van der Waals surface area (Å²) in [5.41, 5.74) is 1.17. The highest BCUT2D eigenvalue weighted by Crippen LogP contribution is 2.42. The van der Waals surface area contributed by atoms with Crippen LogP contribution in [-0.2, 0) is 0 Å². The van der Waals surface area contributed by atoms with E-state index in [0.717, 1.165) is 29.4 Å². The molecule has 0 bridgehead atoms. The van der Waals surface area contributed by atoms with E-state index in [1.165, 1.54) is 5.56 Å². The summed E-state index contributed by atoms with van der Waals surface area (Å²) in [4.78, 5) is 0. The van der Waals surface area contributed by atoms with Gasteiger partial charge in [-0.1, -0.05) is 28.7 Å². The molecular weight excluding hydrogens is 327 g/mol. The van der Waals surface area contributed by atoms with Crippen molar-refractivity contribution in [2.45, 2.75) is 23.7 Å². The fourth-order valence-corrected chi connectivity index (χ4v) is 2.49. The summed E-state index contributed by atoms with van der Waals surface area (Å²) in [5, 5.41) is 0. The molecule has 2 nitrogen and oxygen atoms in total. The number of hydrogen-bond donors (Lipinski definition) is 0. The molecule has 0 aromatic heterocycles. The summed E-state index contributed by atoms with van der Waals surface area (Å²) in [6.07, 6.45) is 5.20. The Balaban J connectivity index is 2.04. The number of halogens is 1. The van der Waals surface area contributed by atoms with E-state index in [-0.39, 0.29) is 3.42 Å². The van der Waals surface area contributed by atoms with Gasteiger partial charge in [0, 0.05) is 3.42 Å². The Labute approximate surface area is 114 Å². The Hall–Kier alpha value is -0.970. The molecule has 1 atom stereocenters. The molecule has 0 fully saturated rings. The van der Waals surface area contributed by atoms with Crippen molar-refractivity contribution in [1.29, 1.82) is 0 Å². The summed E-state index contributed by atoms with van der Waals surface area (Å²) in [5.74, 6) is 3.29. The summed E-state index contributed by atoms with van der Waals surface area (Å²) in [6.45, 7) is 4.23. The molecule has 3 heteroatoms. The first-order valence-electron chi connectivity index (χ1n) is 5.62. The summed E-state index contributed by atoms with van der Waals surface area (Å²) < 4.78 is 11.9. The first-order valence-corrected chi connectivity index (χ1v) is 6.70. The van der Waals surface area contributed by atoms with Crippen molar-refractivity contribution in [3.63, 3.8) is 0 Å². The van der Waals surface area contributed by atoms with Crippen LogP contribution in [0.2, 0.25) is 0 Å². The van der Waals surface area contributed by atoms with Crippen LogP contribution in [0.4, 0.5) is 0 Å². The molecule has 1 unspecified atom stereocenters. The molecule has 17 heavy (non-hydrogen) atoms. The topological polar surface area (TPSA) is 18.5 Å². The monoisotopic (exact) mass is 340 g/mol. The van der Waals surface area contributed by atoms with Gasteiger partial charge in [-0.15, -0.1) is 0 Å². The summed E-state index contributed by atoms with van der Waals surface area (Å²) in [7, 11) is 0. The number of allylic oxidation sites excluding steroid dienone is 2. The van der Waals surface area contributed by atoms with Crippen molar-refractivity contribution in [2.75, 3.05) is 0 Å². The number of benzene rings is 1. The zero-order valence-electron chi connectivity index (χ0n) is 9.79. The molecule has 0 radical (unpaired) electrons. The lowest BCUT2D eigenvalue weighted by Gasteiger charge is -2.29. The fraction of sp³-hybridized carbons (Fsp3) is 0.286. The van der Waals surface area contributed by atoms with Gasteiger partial charge in [0.2, 0.25) is 0 Å². The Morgan fingerprint density at radius 1 is 1.18 bits per heavy atom. The van der Waals surface area contributed by atoms with Gasteiger partial charge in [0.1, 0.15) is 0 Å². The lowest BCUT2D eigenvalue weighted by atomic mass is 10.0. The quantitative estimate of drug-likeness (QED) is 0.522. The standard InChI is InChI=1S/C14H13IO2/c1-9-3-4-10-12(7-9)17-13-8-14(2,15)6-5-11(13)16-10/h3-5,7-8H,6H2,1-2H3. The Bertz CT molecular complexity index is 541. The highest BCUT2D eigenvalue weighted by molar-refractivity contribution is 14.1. The van der Waals surface area contributed by atoms with Crippen LogP contribution in [0, 0.1) is 6.92 Å². The van der Waals surface area contributed by atoms with Crippen molar-refractivity contribution >= 4 is 22.6 Å². The van der Waals surface area contributed by atoms with E-state index in [1.807, 2.05) is 25.1 Å². The average molecular weight is 340 g/mol. The van der Waals surface area contributed by atoms with Gasteiger partial charge in [-0.05, 0) is 50.1 Å².